The molecule has 0 spiro atoms. The minimum Gasteiger partial charge on any atom is -0.326 e. The van der Waals surface area contributed by atoms with E-state index in [2.05, 4.69) is 37.9 Å². The number of nitrogens with zero attached hydrogens (tertiary/aromatic N) is 1. The van der Waals surface area contributed by atoms with Gasteiger partial charge in [0.25, 0.3) is 0 Å². The largest absolute Gasteiger partial charge is 0.326 e. The molecule has 2 rings (SSSR count). The number of likely N-dealkylation sites (N-methyl/N-ethyl adjacent to an activating group) is 1. The van der Waals surface area contributed by atoms with Crippen molar-refractivity contribution in [2.75, 3.05) is 7.05 Å². The Morgan fingerprint density at radius 3 is 2.53 bits per heavy atom. The van der Waals surface area contributed by atoms with E-state index >= 15 is 0 Å². The van der Waals surface area contributed by atoms with Crippen LogP contribution in [0.15, 0.2) is 12.1 Å². The first-order chi connectivity index (χ1) is 7.09. The molecule has 0 aliphatic heterocycles. The van der Waals surface area contributed by atoms with Gasteiger partial charge in [-0.1, -0.05) is 0 Å². The molecule has 2 unspecified atom stereocenters. The Morgan fingerprint density at radius 1 is 1.47 bits per heavy atom. The minimum absolute atomic E-state index is 0.202. The van der Waals surface area contributed by atoms with Crippen LogP contribution < -0.4 is 5.73 Å². The van der Waals surface area contributed by atoms with Crippen molar-refractivity contribution in [1.29, 1.82) is 0 Å². The molecular formula is C12H20N2S. The number of thiophene rings is 1. The lowest BCUT2D eigenvalue weighted by molar-refractivity contribution is 0.213. The normalized spacial score (nSPS) is 20.6. The maximum atomic E-state index is 6.11. The third-order valence-electron chi connectivity index (χ3n) is 3.11. The van der Waals surface area contributed by atoms with Crippen LogP contribution in [0.5, 0.6) is 0 Å². The van der Waals surface area contributed by atoms with Gasteiger partial charge in [-0.25, -0.2) is 0 Å². The molecule has 84 valence electrons. The second-order valence-electron chi connectivity index (χ2n) is 4.65. The van der Waals surface area contributed by atoms with Crippen molar-refractivity contribution in [3.8, 4) is 0 Å². The molecule has 1 aromatic heterocycles. The molecule has 0 saturated heterocycles. The van der Waals surface area contributed by atoms with Crippen molar-refractivity contribution in [2.45, 2.75) is 44.8 Å². The summed E-state index contributed by atoms with van der Waals surface area (Å²) in [6, 6.07) is 5.79. The van der Waals surface area contributed by atoms with Crippen LogP contribution in [0.1, 0.15) is 35.6 Å². The van der Waals surface area contributed by atoms with Crippen LogP contribution in [-0.2, 0) is 0 Å². The van der Waals surface area contributed by atoms with Crippen LogP contribution in [0, 0.1) is 6.92 Å². The molecule has 2 N–H and O–H groups in total. The van der Waals surface area contributed by atoms with E-state index < -0.39 is 0 Å². The Labute approximate surface area is 96.1 Å². The molecule has 0 bridgehead atoms. The second kappa shape index (κ2) is 4.24. The molecular weight excluding hydrogens is 204 g/mol. The molecule has 1 aliphatic rings. The number of nitrogens with two attached hydrogens (primary N) is 1. The molecule has 0 amide bonds. The molecule has 0 aromatic carbocycles. The van der Waals surface area contributed by atoms with Crippen LogP contribution >= 0.6 is 11.3 Å². The van der Waals surface area contributed by atoms with E-state index in [9.17, 15) is 0 Å². The first-order valence-electron chi connectivity index (χ1n) is 5.63. The lowest BCUT2D eigenvalue weighted by Gasteiger charge is -2.30. The van der Waals surface area contributed by atoms with Crippen LogP contribution in [0.3, 0.4) is 0 Å². The Balaban J connectivity index is 2.18. The van der Waals surface area contributed by atoms with Gasteiger partial charge in [-0.3, -0.25) is 4.90 Å². The smallest absolute Gasteiger partial charge is 0.0590 e. The Morgan fingerprint density at radius 2 is 2.13 bits per heavy atom. The van der Waals surface area contributed by atoms with Gasteiger partial charge < -0.3 is 5.73 Å². The summed E-state index contributed by atoms with van der Waals surface area (Å²) in [5, 5.41) is 0. The quantitative estimate of drug-likeness (QED) is 0.851. The summed E-state index contributed by atoms with van der Waals surface area (Å²) in [7, 11) is 2.21. The number of rotatable bonds is 4. The standard InChI is InChI=1S/C12H20N2S/c1-8-4-7-11(15-8)12(9(2)13)14(3)10-5-6-10/h4,7,9-10,12H,5-6,13H2,1-3H3. The molecule has 15 heavy (non-hydrogen) atoms. The summed E-state index contributed by atoms with van der Waals surface area (Å²) in [4.78, 5) is 5.24. The first-order valence-corrected chi connectivity index (χ1v) is 6.45. The van der Waals surface area contributed by atoms with Crippen LogP contribution in [0.2, 0.25) is 0 Å². The Hall–Kier alpha value is -0.380. The Bertz CT molecular complexity index is 328. The average Bonchev–Trinajstić information content (AvgIpc) is 2.91. The SMILES string of the molecule is Cc1ccc(C(C(C)N)N(C)C2CC2)s1. The van der Waals surface area contributed by atoms with Gasteiger partial charge >= 0.3 is 0 Å². The van der Waals surface area contributed by atoms with E-state index in [-0.39, 0.29) is 6.04 Å². The molecule has 1 heterocycles. The fraction of sp³-hybridized carbons (Fsp3) is 0.667. The van der Waals surface area contributed by atoms with Crippen LogP contribution in [0.25, 0.3) is 0 Å². The zero-order valence-electron chi connectivity index (χ0n) is 9.73. The lowest BCUT2D eigenvalue weighted by Crippen LogP contribution is -2.37. The highest BCUT2D eigenvalue weighted by Crippen LogP contribution is 2.36. The molecule has 1 fully saturated rings. The summed E-state index contributed by atoms with van der Waals surface area (Å²) in [5.74, 6) is 0. The predicted molar refractivity (Wildman–Crippen MR) is 66.2 cm³/mol. The third-order valence-corrected chi connectivity index (χ3v) is 4.18. The van der Waals surface area contributed by atoms with Gasteiger partial charge in [-0.2, -0.15) is 0 Å². The zero-order valence-corrected chi connectivity index (χ0v) is 10.6. The summed E-state index contributed by atoms with van der Waals surface area (Å²) in [6.07, 6.45) is 2.67. The summed E-state index contributed by atoms with van der Waals surface area (Å²) >= 11 is 1.88. The maximum Gasteiger partial charge on any atom is 0.0590 e. The predicted octanol–water partition coefficient (Wildman–Crippen LogP) is 2.54. The molecule has 1 aromatic rings. The van der Waals surface area contributed by atoms with Gasteiger partial charge in [0, 0.05) is 21.8 Å². The van der Waals surface area contributed by atoms with E-state index in [1.165, 1.54) is 22.6 Å². The monoisotopic (exact) mass is 224 g/mol. The van der Waals surface area contributed by atoms with Crippen LogP contribution in [-0.4, -0.2) is 24.0 Å². The van der Waals surface area contributed by atoms with E-state index in [1.807, 2.05) is 11.3 Å². The van der Waals surface area contributed by atoms with Gasteiger partial charge in [-0.15, -0.1) is 11.3 Å². The highest BCUT2D eigenvalue weighted by atomic mass is 32.1. The average molecular weight is 224 g/mol. The van der Waals surface area contributed by atoms with E-state index in [4.69, 9.17) is 5.73 Å². The molecule has 1 aliphatic carbocycles. The van der Waals surface area contributed by atoms with Crippen LogP contribution in [0.4, 0.5) is 0 Å². The second-order valence-corrected chi connectivity index (χ2v) is 5.97. The third kappa shape index (κ3) is 2.41. The highest BCUT2D eigenvalue weighted by molar-refractivity contribution is 7.12. The molecule has 0 radical (unpaired) electrons. The molecule has 1 saturated carbocycles. The van der Waals surface area contributed by atoms with Crippen molar-refractivity contribution in [3.63, 3.8) is 0 Å². The fourth-order valence-electron chi connectivity index (χ4n) is 2.15. The molecule has 2 atom stereocenters. The Kier molecular flexibility index (Phi) is 3.14. The molecule has 3 heteroatoms. The minimum atomic E-state index is 0.202. The number of aryl methyl sites for hydroxylation is 1. The van der Waals surface area contributed by atoms with E-state index in [1.54, 1.807) is 0 Å². The van der Waals surface area contributed by atoms with Crippen molar-refractivity contribution in [2.24, 2.45) is 5.73 Å². The number of hydrogen-bond acceptors (Lipinski definition) is 3. The van der Waals surface area contributed by atoms with Crippen molar-refractivity contribution < 1.29 is 0 Å². The zero-order chi connectivity index (χ0) is 11.0. The van der Waals surface area contributed by atoms with Gasteiger partial charge in [0.2, 0.25) is 0 Å². The lowest BCUT2D eigenvalue weighted by atomic mass is 10.1. The van der Waals surface area contributed by atoms with Gasteiger partial charge in [-0.05, 0) is 45.9 Å². The van der Waals surface area contributed by atoms with Crippen molar-refractivity contribution in [1.82, 2.24) is 4.90 Å². The fourth-order valence-corrected chi connectivity index (χ4v) is 3.30. The molecule has 2 nitrogen and oxygen atoms in total. The van der Waals surface area contributed by atoms with Gasteiger partial charge in [0.15, 0.2) is 0 Å². The maximum absolute atomic E-state index is 6.11. The summed E-state index contributed by atoms with van der Waals surface area (Å²) < 4.78 is 0. The van der Waals surface area contributed by atoms with Crippen molar-refractivity contribution in [3.05, 3.63) is 21.9 Å². The topological polar surface area (TPSA) is 29.3 Å². The summed E-state index contributed by atoms with van der Waals surface area (Å²) in [6.45, 7) is 4.27. The highest BCUT2D eigenvalue weighted by Gasteiger charge is 2.33. The van der Waals surface area contributed by atoms with Gasteiger partial charge in [0.05, 0.1) is 6.04 Å². The van der Waals surface area contributed by atoms with E-state index in [0.29, 0.717) is 6.04 Å². The number of hydrogen-bond donors (Lipinski definition) is 1. The van der Waals surface area contributed by atoms with E-state index in [0.717, 1.165) is 6.04 Å². The summed E-state index contributed by atoms with van der Waals surface area (Å²) in [5.41, 5.74) is 6.11. The first kappa shape index (κ1) is 11.1. The van der Waals surface area contributed by atoms with Gasteiger partial charge in [0.1, 0.15) is 0 Å². The van der Waals surface area contributed by atoms with Crippen molar-refractivity contribution >= 4 is 11.3 Å².